The van der Waals surface area contributed by atoms with Crippen molar-refractivity contribution in [1.82, 2.24) is 0 Å². The molecule has 0 heterocycles. The third-order valence-corrected chi connectivity index (χ3v) is 5.04. The Morgan fingerprint density at radius 1 is 0.567 bits per heavy atom. The van der Waals surface area contributed by atoms with E-state index in [0.717, 1.165) is 10.8 Å². The lowest BCUT2D eigenvalue weighted by Gasteiger charge is -2.26. The smallest absolute Gasteiger partial charge is 0.116 e. The Morgan fingerprint density at radius 2 is 1.10 bits per heavy atom. The maximum absolute atomic E-state index is 9.14. The topological polar surface area (TPSA) is 40.5 Å². The van der Waals surface area contributed by atoms with Gasteiger partial charge in [0.05, 0.1) is 0 Å². The molecule has 0 fully saturated rings. The van der Waals surface area contributed by atoms with Gasteiger partial charge in [0, 0.05) is 5.41 Å². The zero-order valence-electron chi connectivity index (χ0n) is 18.6. The van der Waals surface area contributed by atoms with Gasteiger partial charge in [0.2, 0.25) is 0 Å². The van der Waals surface area contributed by atoms with Crippen LogP contribution in [0.25, 0.3) is 10.8 Å². The molecule has 0 amide bonds. The summed E-state index contributed by atoms with van der Waals surface area (Å²) >= 11 is 0. The number of phenolic OH excluding ortho intramolecular Hbond substituents is 2. The number of aromatic hydroxyl groups is 2. The van der Waals surface area contributed by atoms with Crippen molar-refractivity contribution in [3.8, 4) is 11.5 Å². The molecule has 0 aliphatic carbocycles. The van der Waals surface area contributed by atoms with Gasteiger partial charge < -0.3 is 10.2 Å². The second-order valence-electron chi connectivity index (χ2n) is 7.58. The van der Waals surface area contributed by atoms with Crippen LogP contribution in [0.15, 0.2) is 91.0 Å². The summed E-state index contributed by atoms with van der Waals surface area (Å²) in [6.45, 7) is 10.7. The second kappa shape index (κ2) is 10.5. The number of benzene rings is 4. The van der Waals surface area contributed by atoms with Gasteiger partial charge in [-0.1, -0.05) is 100.0 Å². The molecule has 0 bridgehead atoms. The highest BCUT2D eigenvalue weighted by Gasteiger charge is 2.22. The number of phenols is 2. The molecule has 4 rings (SSSR count). The van der Waals surface area contributed by atoms with Crippen molar-refractivity contribution in [2.75, 3.05) is 0 Å². The van der Waals surface area contributed by atoms with Crippen LogP contribution in [-0.4, -0.2) is 10.2 Å². The molecule has 156 valence electrons. The van der Waals surface area contributed by atoms with E-state index in [1.54, 1.807) is 24.3 Å². The summed E-state index contributed by atoms with van der Waals surface area (Å²) in [4.78, 5) is 0. The molecule has 30 heavy (non-hydrogen) atoms. The van der Waals surface area contributed by atoms with Crippen LogP contribution in [0, 0.1) is 6.92 Å². The van der Waals surface area contributed by atoms with E-state index in [1.165, 1.54) is 16.7 Å². The van der Waals surface area contributed by atoms with Gasteiger partial charge in [-0.25, -0.2) is 0 Å². The zero-order chi connectivity index (χ0) is 22.1. The van der Waals surface area contributed by atoms with Gasteiger partial charge in [-0.3, -0.25) is 0 Å². The Labute approximate surface area is 180 Å². The molecule has 0 unspecified atom stereocenters. The summed E-state index contributed by atoms with van der Waals surface area (Å²) in [5.41, 5.74) is 4.13. The van der Waals surface area contributed by atoms with E-state index >= 15 is 0 Å². The molecule has 2 nitrogen and oxygen atoms in total. The van der Waals surface area contributed by atoms with Gasteiger partial charge in [0.15, 0.2) is 0 Å². The van der Waals surface area contributed by atoms with Crippen molar-refractivity contribution in [3.05, 3.63) is 108 Å². The Morgan fingerprint density at radius 3 is 1.63 bits per heavy atom. The molecule has 0 aromatic heterocycles. The van der Waals surface area contributed by atoms with Crippen molar-refractivity contribution in [3.63, 3.8) is 0 Å². The summed E-state index contributed by atoms with van der Waals surface area (Å²) in [7, 11) is 0. The first kappa shape index (κ1) is 23.0. The fourth-order valence-electron chi connectivity index (χ4n) is 3.28. The lowest BCUT2D eigenvalue weighted by atomic mass is 9.78. The van der Waals surface area contributed by atoms with Gasteiger partial charge >= 0.3 is 0 Å². The lowest BCUT2D eigenvalue weighted by molar-refractivity contribution is 0.474. The molecular formula is C28H32O2. The minimum atomic E-state index is 0.0767. The molecule has 0 aliphatic heterocycles. The number of rotatable bonds is 2. The molecular weight excluding hydrogens is 368 g/mol. The highest BCUT2D eigenvalue weighted by molar-refractivity contribution is 5.85. The van der Waals surface area contributed by atoms with E-state index in [2.05, 4.69) is 75.4 Å². The molecule has 4 aromatic rings. The molecule has 0 aliphatic rings. The SMILES string of the molecule is CC.Cc1cccc(C(C)(C)c2ccccc2)c1.Oc1ccc2ccc(O)cc2c1. The fraction of sp³-hybridized carbons (Fsp3) is 0.214. The van der Waals surface area contributed by atoms with Crippen molar-refractivity contribution >= 4 is 10.8 Å². The van der Waals surface area contributed by atoms with Crippen LogP contribution in [0.3, 0.4) is 0 Å². The Hall–Kier alpha value is -3.26. The molecule has 0 saturated heterocycles. The summed E-state index contributed by atoms with van der Waals surface area (Å²) in [6.07, 6.45) is 0. The van der Waals surface area contributed by atoms with Crippen molar-refractivity contribution < 1.29 is 10.2 Å². The second-order valence-corrected chi connectivity index (χ2v) is 7.58. The third-order valence-electron chi connectivity index (χ3n) is 5.04. The number of aryl methyl sites for hydroxylation is 1. The summed E-state index contributed by atoms with van der Waals surface area (Å²) in [5, 5.41) is 20.1. The van der Waals surface area contributed by atoms with E-state index < -0.39 is 0 Å². The molecule has 0 spiro atoms. The molecule has 0 radical (unpaired) electrons. The number of hydrogen-bond acceptors (Lipinski definition) is 2. The van der Waals surface area contributed by atoms with Crippen molar-refractivity contribution in [1.29, 1.82) is 0 Å². The minimum absolute atomic E-state index is 0.0767. The molecule has 4 aromatic carbocycles. The normalized spacial score (nSPS) is 10.4. The predicted molar refractivity (Wildman–Crippen MR) is 128 cm³/mol. The van der Waals surface area contributed by atoms with Crippen molar-refractivity contribution in [2.24, 2.45) is 0 Å². The van der Waals surface area contributed by atoms with Gasteiger partial charge in [-0.05, 0) is 53.1 Å². The standard InChI is InChI=1S/C16H18.C10H8O2.C2H6/c1-13-8-7-11-15(12-13)16(2,3)14-9-5-4-6-10-14;11-9-3-1-7-2-4-10(12)6-8(7)5-9;1-2/h4-12H,1-3H3;1-6,11-12H;1-2H3. The van der Waals surface area contributed by atoms with Gasteiger partial charge in [0.25, 0.3) is 0 Å². The molecule has 0 saturated carbocycles. The first-order chi connectivity index (χ1) is 14.4. The number of fused-ring (bicyclic) bond motifs is 1. The van der Waals surface area contributed by atoms with E-state index in [4.69, 9.17) is 10.2 Å². The van der Waals surface area contributed by atoms with E-state index in [9.17, 15) is 0 Å². The highest BCUT2D eigenvalue weighted by atomic mass is 16.3. The maximum Gasteiger partial charge on any atom is 0.116 e. The van der Waals surface area contributed by atoms with E-state index in [-0.39, 0.29) is 16.9 Å². The first-order valence-electron chi connectivity index (χ1n) is 10.4. The van der Waals surface area contributed by atoms with Crippen LogP contribution < -0.4 is 0 Å². The van der Waals surface area contributed by atoms with Gasteiger partial charge in [-0.15, -0.1) is 0 Å². The van der Waals surface area contributed by atoms with Crippen molar-refractivity contribution in [2.45, 2.75) is 40.0 Å². The monoisotopic (exact) mass is 400 g/mol. The highest BCUT2D eigenvalue weighted by Crippen LogP contribution is 2.31. The average Bonchev–Trinajstić information content (AvgIpc) is 2.76. The summed E-state index contributed by atoms with van der Waals surface area (Å²) in [5.74, 6) is 0.432. The quantitative estimate of drug-likeness (QED) is 0.364. The zero-order valence-corrected chi connectivity index (χ0v) is 18.6. The predicted octanol–water partition coefficient (Wildman–Crippen LogP) is 7.60. The van der Waals surface area contributed by atoms with Crippen LogP contribution >= 0.6 is 0 Å². The van der Waals surface area contributed by atoms with Crippen LogP contribution in [-0.2, 0) is 5.41 Å². The average molecular weight is 401 g/mol. The van der Waals surface area contributed by atoms with Gasteiger partial charge in [0.1, 0.15) is 11.5 Å². The summed E-state index contributed by atoms with van der Waals surface area (Å²) in [6, 6.07) is 29.5. The largest absolute Gasteiger partial charge is 0.508 e. The molecule has 2 heteroatoms. The van der Waals surface area contributed by atoms with Gasteiger partial charge in [-0.2, -0.15) is 0 Å². The Balaban J connectivity index is 0.000000204. The van der Waals surface area contributed by atoms with E-state index in [1.807, 2.05) is 26.0 Å². The molecule has 0 atom stereocenters. The first-order valence-corrected chi connectivity index (χ1v) is 10.4. The van der Waals surface area contributed by atoms with Crippen LogP contribution in [0.5, 0.6) is 11.5 Å². The van der Waals surface area contributed by atoms with Crippen LogP contribution in [0.2, 0.25) is 0 Å². The van der Waals surface area contributed by atoms with Crippen LogP contribution in [0.1, 0.15) is 44.4 Å². The third kappa shape index (κ3) is 5.87. The van der Waals surface area contributed by atoms with E-state index in [0.29, 0.717) is 0 Å². The number of hydrogen-bond donors (Lipinski definition) is 2. The fourth-order valence-corrected chi connectivity index (χ4v) is 3.28. The minimum Gasteiger partial charge on any atom is -0.508 e. The Kier molecular flexibility index (Phi) is 8.06. The lowest BCUT2D eigenvalue weighted by Crippen LogP contribution is -2.18. The summed E-state index contributed by atoms with van der Waals surface area (Å²) < 4.78 is 0. The maximum atomic E-state index is 9.14. The molecule has 2 N–H and O–H groups in total. The Bertz CT molecular complexity index is 1030. The van der Waals surface area contributed by atoms with Crippen LogP contribution in [0.4, 0.5) is 0 Å².